The van der Waals surface area contributed by atoms with Gasteiger partial charge in [-0.2, -0.15) is 13.2 Å². The first kappa shape index (κ1) is 19.5. The number of aldehydes is 1. The molecular weight excluding hydrogens is 375 g/mol. The lowest BCUT2D eigenvalue weighted by molar-refractivity contribution is -0.137. The maximum atomic E-state index is 12.8. The molecule has 2 aromatic rings. The van der Waals surface area contributed by atoms with Gasteiger partial charge in [-0.05, 0) is 30.3 Å². The Hall–Kier alpha value is -2.87. The molecule has 26 heavy (non-hydrogen) atoms. The fourth-order valence-electron chi connectivity index (χ4n) is 1.93. The molecule has 0 aromatic heterocycles. The molecular formula is C17H11ClF3NO4. The maximum absolute atomic E-state index is 12.8. The monoisotopic (exact) mass is 385 g/mol. The van der Waals surface area contributed by atoms with E-state index in [4.69, 9.17) is 16.3 Å². The lowest BCUT2D eigenvalue weighted by Gasteiger charge is -2.12. The van der Waals surface area contributed by atoms with E-state index in [1.807, 2.05) is 0 Å². The number of ether oxygens (including phenoxy) is 1. The number of rotatable bonds is 5. The summed E-state index contributed by atoms with van der Waals surface area (Å²) in [6.45, 7) is -0.696. The molecule has 1 N–H and O–H groups in total. The highest BCUT2D eigenvalue weighted by Crippen LogP contribution is 2.36. The Morgan fingerprint density at radius 2 is 1.77 bits per heavy atom. The van der Waals surface area contributed by atoms with Gasteiger partial charge in [0.1, 0.15) is 6.29 Å². The number of amides is 1. The predicted octanol–water partition coefficient (Wildman–Crippen LogP) is 3.97. The molecule has 0 saturated carbocycles. The Morgan fingerprint density at radius 1 is 1.12 bits per heavy atom. The number of anilines is 1. The van der Waals surface area contributed by atoms with Crippen LogP contribution in [0.1, 0.15) is 26.3 Å². The molecule has 0 radical (unpaired) electrons. The summed E-state index contributed by atoms with van der Waals surface area (Å²) in [5, 5.41) is 1.69. The van der Waals surface area contributed by atoms with Crippen molar-refractivity contribution in [3.63, 3.8) is 0 Å². The van der Waals surface area contributed by atoms with Gasteiger partial charge in [0.2, 0.25) is 0 Å². The van der Waals surface area contributed by atoms with Crippen molar-refractivity contribution in [1.29, 1.82) is 0 Å². The van der Waals surface area contributed by atoms with Gasteiger partial charge in [0.05, 0.1) is 16.1 Å². The summed E-state index contributed by atoms with van der Waals surface area (Å²) in [6.07, 6.45) is -4.07. The predicted molar refractivity (Wildman–Crippen MR) is 87.2 cm³/mol. The number of halogens is 4. The zero-order valence-corrected chi connectivity index (χ0v) is 13.7. The third-order valence-corrected chi connectivity index (χ3v) is 3.50. The zero-order chi connectivity index (χ0) is 19.3. The molecule has 136 valence electrons. The van der Waals surface area contributed by atoms with Crippen LogP contribution in [0.15, 0.2) is 42.5 Å². The molecule has 0 aliphatic heterocycles. The van der Waals surface area contributed by atoms with Crippen molar-refractivity contribution < 1.29 is 32.3 Å². The number of benzene rings is 2. The van der Waals surface area contributed by atoms with Crippen molar-refractivity contribution in [3.8, 4) is 0 Å². The Morgan fingerprint density at radius 3 is 2.35 bits per heavy atom. The maximum Gasteiger partial charge on any atom is 0.417 e. The summed E-state index contributed by atoms with van der Waals surface area (Å²) < 4.78 is 43.1. The van der Waals surface area contributed by atoms with Gasteiger partial charge in [0.15, 0.2) is 6.61 Å². The van der Waals surface area contributed by atoms with Crippen LogP contribution in [-0.4, -0.2) is 24.8 Å². The van der Waals surface area contributed by atoms with Crippen LogP contribution in [0.3, 0.4) is 0 Å². The van der Waals surface area contributed by atoms with Crippen LogP contribution >= 0.6 is 11.6 Å². The Labute approximate surface area is 150 Å². The second-order valence-electron chi connectivity index (χ2n) is 5.06. The van der Waals surface area contributed by atoms with Crippen molar-refractivity contribution in [2.45, 2.75) is 6.18 Å². The minimum Gasteiger partial charge on any atom is -0.452 e. The Bertz CT molecular complexity index is 835. The van der Waals surface area contributed by atoms with Gasteiger partial charge in [-0.15, -0.1) is 0 Å². The van der Waals surface area contributed by atoms with Crippen molar-refractivity contribution in [1.82, 2.24) is 0 Å². The van der Waals surface area contributed by atoms with Crippen LogP contribution in [0.2, 0.25) is 5.02 Å². The van der Waals surface area contributed by atoms with Crippen molar-refractivity contribution in [3.05, 3.63) is 64.2 Å². The fourth-order valence-corrected chi connectivity index (χ4v) is 2.15. The normalized spacial score (nSPS) is 10.9. The average Bonchev–Trinajstić information content (AvgIpc) is 2.60. The highest BCUT2D eigenvalue weighted by atomic mass is 35.5. The highest BCUT2D eigenvalue weighted by Gasteiger charge is 2.33. The molecule has 0 fully saturated rings. The van der Waals surface area contributed by atoms with E-state index in [1.165, 1.54) is 30.3 Å². The molecule has 0 aliphatic rings. The van der Waals surface area contributed by atoms with Crippen LogP contribution in [0.25, 0.3) is 0 Å². The minimum atomic E-state index is -4.67. The smallest absolute Gasteiger partial charge is 0.417 e. The fraction of sp³-hybridized carbons (Fsp3) is 0.118. The Kier molecular flexibility index (Phi) is 5.99. The minimum absolute atomic E-state index is 0.120. The molecule has 0 aliphatic carbocycles. The summed E-state index contributed by atoms with van der Waals surface area (Å²) in [7, 11) is 0. The van der Waals surface area contributed by atoms with Crippen LogP contribution in [0, 0.1) is 0 Å². The SMILES string of the molecule is O=Cc1ccc(C(=O)OCC(=O)Nc2ccc(Cl)c(C(F)(F)F)c2)cc1. The number of hydrogen-bond donors (Lipinski definition) is 1. The zero-order valence-electron chi connectivity index (χ0n) is 13.0. The average molecular weight is 386 g/mol. The van der Waals surface area contributed by atoms with Crippen molar-refractivity contribution in [2.75, 3.05) is 11.9 Å². The number of carbonyl (C=O) groups is 3. The molecule has 5 nitrogen and oxygen atoms in total. The topological polar surface area (TPSA) is 72.5 Å². The third kappa shape index (κ3) is 5.06. The van der Waals surface area contributed by atoms with Crippen molar-refractivity contribution >= 4 is 35.5 Å². The largest absolute Gasteiger partial charge is 0.452 e. The van der Waals surface area contributed by atoms with E-state index >= 15 is 0 Å². The Balaban J connectivity index is 1.96. The summed E-state index contributed by atoms with van der Waals surface area (Å²) in [6, 6.07) is 8.36. The van der Waals surface area contributed by atoms with Crippen molar-refractivity contribution in [2.24, 2.45) is 0 Å². The summed E-state index contributed by atoms with van der Waals surface area (Å²) in [4.78, 5) is 34.1. The van der Waals surface area contributed by atoms with Crippen LogP contribution in [0.4, 0.5) is 18.9 Å². The number of alkyl halides is 3. The molecule has 2 aromatic carbocycles. The summed E-state index contributed by atoms with van der Waals surface area (Å²) in [5.74, 6) is -1.64. The first-order valence-electron chi connectivity index (χ1n) is 7.09. The second-order valence-corrected chi connectivity index (χ2v) is 5.46. The van der Waals surface area contributed by atoms with Gasteiger partial charge in [0, 0.05) is 11.3 Å². The number of esters is 1. The molecule has 0 atom stereocenters. The number of carbonyl (C=O) groups excluding carboxylic acids is 3. The molecule has 0 saturated heterocycles. The third-order valence-electron chi connectivity index (χ3n) is 3.17. The van der Waals surface area contributed by atoms with Crippen LogP contribution in [-0.2, 0) is 15.7 Å². The molecule has 0 bridgehead atoms. The molecule has 0 unspecified atom stereocenters. The quantitative estimate of drug-likeness (QED) is 0.624. The van der Waals surface area contributed by atoms with E-state index in [2.05, 4.69) is 5.32 Å². The molecule has 0 heterocycles. The number of hydrogen-bond acceptors (Lipinski definition) is 4. The molecule has 9 heteroatoms. The van der Waals surface area contributed by atoms with Gasteiger partial charge in [-0.1, -0.05) is 23.7 Å². The van der Waals surface area contributed by atoms with E-state index in [0.717, 1.165) is 6.07 Å². The first-order valence-corrected chi connectivity index (χ1v) is 7.47. The highest BCUT2D eigenvalue weighted by molar-refractivity contribution is 6.31. The summed E-state index contributed by atoms with van der Waals surface area (Å²) in [5.41, 5.74) is -0.751. The molecule has 0 spiro atoms. The van der Waals surface area contributed by atoms with E-state index in [0.29, 0.717) is 17.9 Å². The lowest BCUT2D eigenvalue weighted by atomic mass is 10.1. The van der Waals surface area contributed by atoms with Gasteiger partial charge in [-0.25, -0.2) is 4.79 Å². The van der Waals surface area contributed by atoms with E-state index in [9.17, 15) is 27.6 Å². The second kappa shape index (κ2) is 8.01. The van der Waals surface area contributed by atoms with Crippen LogP contribution in [0.5, 0.6) is 0 Å². The van der Waals surface area contributed by atoms with Crippen LogP contribution < -0.4 is 5.32 Å². The van der Waals surface area contributed by atoms with Gasteiger partial charge in [0.25, 0.3) is 5.91 Å². The van der Waals surface area contributed by atoms with E-state index in [1.54, 1.807) is 0 Å². The lowest BCUT2D eigenvalue weighted by Crippen LogP contribution is -2.21. The standard InChI is InChI=1S/C17H11ClF3NO4/c18-14-6-5-12(7-13(14)17(19,20)21)22-15(24)9-26-16(25)11-3-1-10(8-23)2-4-11/h1-8H,9H2,(H,22,24). The number of nitrogens with one attached hydrogen (secondary N) is 1. The van der Waals surface area contributed by atoms with E-state index in [-0.39, 0.29) is 11.3 Å². The first-order chi connectivity index (χ1) is 12.2. The van der Waals surface area contributed by atoms with Gasteiger partial charge < -0.3 is 10.1 Å². The van der Waals surface area contributed by atoms with Gasteiger partial charge >= 0.3 is 12.1 Å². The molecule has 1 amide bonds. The molecule has 2 rings (SSSR count). The summed E-state index contributed by atoms with van der Waals surface area (Å²) >= 11 is 5.49. The van der Waals surface area contributed by atoms with E-state index < -0.39 is 35.2 Å². The van der Waals surface area contributed by atoms with Gasteiger partial charge in [-0.3, -0.25) is 9.59 Å².